The quantitative estimate of drug-likeness (QED) is 0.727. The third kappa shape index (κ3) is 5.13. The third-order valence-corrected chi connectivity index (χ3v) is 2.85. The number of nitrogens with two attached hydrogens (primary N) is 1. The van der Waals surface area contributed by atoms with E-state index in [1.54, 1.807) is 24.3 Å². The van der Waals surface area contributed by atoms with Gasteiger partial charge in [-0.25, -0.2) is 5.14 Å². The Morgan fingerprint density at radius 2 is 1.95 bits per heavy atom. The molecule has 4 N–H and O–H groups in total. The molecule has 0 aliphatic carbocycles. The van der Waals surface area contributed by atoms with Crippen molar-refractivity contribution in [3.63, 3.8) is 0 Å². The van der Waals surface area contributed by atoms with Crippen LogP contribution < -0.4 is 15.2 Å². The SMILES string of the molecule is NS(=O)(=O)Nc1cccc(NC(=O)C=Cc2ccco2)c1. The van der Waals surface area contributed by atoms with E-state index in [1.807, 2.05) is 0 Å². The molecule has 8 heteroatoms. The van der Waals surface area contributed by atoms with Gasteiger partial charge in [-0.2, -0.15) is 8.42 Å². The van der Waals surface area contributed by atoms with Crippen LogP contribution >= 0.6 is 0 Å². The fourth-order valence-electron chi connectivity index (χ4n) is 1.55. The maximum Gasteiger partial charge on any atom is 0.296 e. The Hall–Kier alpha value is -2.58. The van der Waals surface area contributed by atoms with Crippen LogP contribution in [0.1, 0.15) is 5.76 Å². The predicted molar refractivity (Wildman–Crippen MR) is 79.5 cm³/mol. The van der Waals surface area contributed by atoms with Gasteiger partial charge in [-0.15, -0.1) is 0 Å². The molecular weight excluding hydrogens is 294 g/mol. The van der Waals surface area contributed by atoms with Crippen LogP contribution in [-0.2, 0) is 15.0 Å². The van der Waals surface area contributed by atoms with Crippen LogP contribution in [0, 0.1) is 0 Å². The van der Waals surface area contributed by atoms with E-state index in [1.165, 1.54) is 30.5 Å². The normalized spacial score (nSPS) is 11.5. The second kappa shape index (κ2) is 6.25. The summed E-state index contributed by atoms with van der Waals surface area (Å²) in [6.45, 7) is 0. The molecule has 2 aromatic rings. The van der Waals surface area contributed by atoms with E-state index in [0.29, 0.717) is 11.4 Å². The lowest BCUT2D eigenvalue weighted by Crippen LogP contribution is -2.21. The highest BCUT2D eigenvalue weighted by Crippen LogP contribution is 2.15. The van der Waals surface area contributed by atoms with Crippen molar-refractivity contribution in [2.75, 3.05) is 10.0 Å². The summed E-state index contributed by atoms with van der Waals surface area (Å²) < 4.78 is 29.0. The van der Waals surface area contributed by atoms with Gasteiger partial charge in [-0.1, -0.05) is 6.07 Å². The highest BCUT2D eigenvalue weighted by atomic mass is 32.2. The standard InChI is InChI=1S/C13H13N3O4S/c14-21(18,19)16-11-4-1-3-10(9-11)15-13(17)7-6-12-5-2-8-20-12/h1-9,16H,(H,15,17)(H2,14,18,19). The predicted octanol–water partition coefficient (Wildman–Crippen LogP) is 1.55. The van der Waals surface area contributed by atoms with Gasteiger partial charge >= 0.3 is 0 Å². The van der Waals surface area contributed by atoms with Crippen molar-refractivity contribution in [1.82, 2.24) is 0 Å². The van der Waals surface area contributed by atoms with Crippen LogP contribution in [0.15, 0.2) is 53.2 Å². The zero-order valence-electron chi connectivity index (χ0n) is 10.8. The smallest absolute Gasteiger partial charge is 0.296 e. The molecule has 0 aliphatic rings. The molecule has 1 heterocycles. The monoisotopic (exact) mass is 307 g/mol. The molecule has 7 nitrogen and oxygen atoms in total. The average molecular weight is 307 g/mol. The van der Waals surface area contributed by atoms with Gasteiger partial charge in [0.25, 0.3) is 10.2 Å². The fourth-order valence-corrected chi connectivity index (χ4v) is 2.01. The maximum atomic E-state index is 11.7. The van der Waals surface area contributed by atoms with E-state index in [-0.39, 0.29) is 11.6 Å². The van der Waals surface area contributed by atoms with E-state index in [4.69, 9.17) is 9.56 Å². The van der Waals surface area contributed by atoms with Gasteiger partial charge in [0.05, 0.1) is 12.0 Å². The lowest BCUT2D eigenvalue weighted by molar-refractivity contribution is -0.111. The van der Waals surface area contributed by atoms with Crippen LogP contribution in [0.2, 0.25) is 0 Å². The van der Waals surface area contributed by atoms with Gasteiger partial charge in [0.1, 0.15) is 5.76 Å². The zero-order valence-corrected chi connectivity index (χ0v) is 11.6. The molecule has 0 unspecified atom stereocenters. The lowest BCUT2D eigenvalue weighted by atomic mass is 10.3. The summed E-state index contributed by atoms with van der Waals surface area (Å²) >= 11 is 0. The Morgan fingerprint density at radius 3 is 2.62 bits per heavy atom. The van der Waals surface area contributed by atoms with Crippen LogP contribution in [0.25, 0.3) is 6.08 Å². The summed E-state index contributed by atoms with van der Waals surface area (Å²) in [4.78, 5) is 11.7. The second-order valence-corrected chi connectivity index (χ2v) is 5.36. The van der Waals surface area contributed by atoms with E-state index in [0.717, 1.165) is 0 Å². The number of hydrogen-bond donors (Lipinski definition) is 3. The van der Waals surface area contributed by atoms with Crippen LogP contribution in [-0.4, -0.2) is 14.3 Å². The minimum atomic E-state index is -3.85. The van der Waals surface area contributed by atoms with Gasteiger partial charge in [-0.05, 0) is 36.4 Å². The van der Waals surface area contributed by atoms with Crippen molar-refractivity contribution < 1.29 is 17.6 Å². The lowest BCUT2D eigenvalue weighted by Gasteiger charge is -2.06. The second-order valence-electron chi connectivity index (χ2n) is 4.07. The van der Waals surface area contributed by atoms with Crippen molar-refractivity contribution in [2.24, 2.45) is 5.14 Å². The van der Waals surface area contributed by atoms with Gasteiger partial charge in [0.15, 0.2) is 0 Å². The summed E-state index contributed by atoms with van der Waals surface area (Å²) in [7, 11) is -3.85. The Labute approximate surface area is 121 Å². The minimum Gasteiger partial charge on any atom is -0.465 e. The molecule has 0 bridgehead atoms. The molecule has 0 spiro atoms. The molecule has 1 aromatic heterocycles. The topological polar surface area (TPSA) is 114 Å². The molecule has 1 amide bonds. The Kier molecular flexibility index (Phi) is 4.41. The number of rotatable bonds is 5. The first-order valence-corrected chi connectivity index (χ1v) is 7.40. The summed E-state index contributed by atoms with van der Waals surface area (Å²) in [5.41, 5.74) is 0.683. The van der Waals surface area contributed by atoms with Gasteiger partial charge in [0.2, 0.25) is 5.91 Å². The van der Waals surface area contributed by atoms with Gasteiger partial charge in [0, 0.05) is 11.8 Å². The third-order valence-electron chi connectivity index (χ3n) is 2.33. The van der Waals surface area contributed by atoms with E-state index < -0.39 is 10.2 Å². The van der Waals surface area contributed by atoms with Crippen LogP contribution in [0.4, 0.5) is 11.4 Å². The van der Waals surface area contributed by atoms with Gasteiger partial charge in [-0.3, -0.25) is 9.52 Å². The molecular formula is C13H13N3O4S. The first-order chi connectivity index (χ1) is 9.92. The maximum absolute atomic E-state index is 11.7. The Morgan fingerprint density at radius 1 is 1.19 bits per heavy atom. The first kappa shape index (κ1) is 14.8. The number of furan rings is 1. The molecule has 0 fully saturated rings. The number of anilines is 2. The highest BCUT2D eigenvalue weighted by Gasteiger charge is 2.04. The molecule has 2 rings (SSSR count). The number of carbonyl (C=O) groups is 1. The molecule has 0 saturated carbocycles. The van der Waals surface area contributed by atoms with E-state index in [9.17, 15) is 13.2 Å². The van der Waals surface area contributed by atoms with Crippen LogP contribution in [0.3, 0.4) is 0 Å². The van der Waals surface area contributed by atoms with E-state index in [2.05, 4.69) is 10.0 Å². The van der Waals surface area contributed by atoms with Crippen LogP contribution in [0.5, 0.6) is 0 Å². The number of carbonyl (C=O) groups excluding carboxylic acids is 1. The van der Waals surface area contributed by atoms with Crippen molar-refractivity contribution >= 4 is 33.6 Å². The number of benzene rings is 1. The average Bonchev–Trinajstić information content (AvgIpc) is 2.87. The Bertz CT molecular complexity index is 751. The summed E-state index contributed by atoms with van der Waals surface area (Å²) in [5, 5.41) is 7.46. The number of nitrogens with one attached hydrogen (secondary N) is 2. The Balaban J connectivity index is 2.02. The highest BCUT2D eigenvalue weighted by molar-refractivity contribution is 7.90. The molecule has 0 aliphatic heterocycles. The molecule has 1 aromatic carbocycles. The van der Waals surface area contributed by atoms with Crippen molar-refractivity contribution in [1.29, 1.82) is 0 Å². The van der Waals surface area contributed by atoms with Crippen molar-refractivity contribution in [2.45, 2.75) is 0 Å². The summed E-state index contributed by atoms with van der Waals surface area (Å²) in [6, 6.07) is 9.58. The molecule has 0 saturated heterocycles. The van der Waals surface area contributed by atoms with E-state index >= 15 is 0 Å². The largest absolute Gasteiger partial charge is 0.465 e. The molecule has 110 valence electrons. The molecule has 0 atom stereocenters. The first-order valence-electron chi connectivity index (χ1n) is 5.85. The molecule has 0 radical (unpaired) electrons. The van der Waals surface area contributed by atoms with Crippen molar-refractivity contribution in [3.8, 4) is 0 Å². The van der Waals surface area contributed by atoms with Gasteiger partial charge < -0.3 is 9.73 Å². The fraction of sp³-hybridized carbons (Fsp3) is 0. The summed E-state index contributed by atoms with van der Waals surface area (Å²) in [5.74, 6) is 0.175. The summed E-state index contributed by atoms with van der Waals surface area (Å²) in [6.07, 6.45) is 4.32. The zero-order chi connectivity index (χ0) is 15.3. The number of amides is 1. The van der Waals surface area contributed by atoms with Crippen molar-refractivity contribution in [3.05, 3.63) is 54.5 Å². The number of hydrogen-bond acceptors (Lipinski definition) is 4. The molecule has 21 heavy (non-hydrogen) atoms. The minimum absolute atomic E-state index is 0.255.